The van der Waals surface area contributed by atoms with E-state index >= 15 is 0 Å². The van der Waals surface area contributed by atoms with Gasteiger partial charge in [-0.05, 0) is 42.7 Å². The van der Waals surface area contributed by atoms with Gasteiger partial charge in [0.25, 0.3) is 5.91 Å². The summed E-state index contributed by atoms with van der Waals surface area (Å²) in [4.78, 5) is 16.8. The predicted molar refractivity (Wildman–Crippen MR) is 84.5 cm³/mol. The average molecular weight is 278 g/mol. The van der Waals surface area contributed by atoms with Crippen LogP contribution in [0.15, 0.2) is 54.9 Å². The van der Waals surface area contributed by atoms with E-state index in [1.165, 1.54) is 18.4 Å². The third kappa shape index (κ3) is 2.72. The van der Waals surface area contributed by atoms with Crippen molar-refractivity contribution in [2.45, 2.75) is 26.2 Å². The van der Waals surface area contributed by atoms with E-state index in [1.54, 1.807) is 10.9 Å². The number of fused-ring (bicyclic) bond motifs is 1. The monoisotopic (exact) mass is 278 g/mol. The summed E-state index contributed by atoms with van der Waals surface area (Å²) in [7, 11) is 0. The Kier molecular flexibility index (Phi) is 3.82. The number of hydrogen-bond donors (Lipinski definition) is 0. The van der Waals surface area contributed by atoms with Crippen LogP contribution in [0.5, 0.6) is 0 Å². The topological polar surface area (TPSA) is 34.9 Å². The zero-order valence-electron chi connectivity index (χ0n) is 12.1. The first-order chi connectivity index (χ1) is 10.3. The van der Waals surface area contributed by atoms with Crippen molar-refractivity contribution < 1.29 is 4.79 Å². The van der Waals surface area contributed by atoms with Crippen molar-refractivity contribution in [3.8, 4) is 0 Å². The van der Waals surface area contributed by atoms with Crippen LogP contribution in [0.4, 0.5) is 0 Å². The van der Waals surface area contributed by atoms with Gasteiger partial charge in [-0.15, -0.1) is 0 Å². The molecule has 0 aliphatic carbocycles. The molecule has 21 heavy (non-hydrogen) atoms. The number of aromatic nitrogens is 2. The zero-order valence-corrected chi connectivity index (χ0v) is 12.1. The molecule has 0 spiro atoms. The maximum Gasteiger partial charge on any atom is 0.263 e. The van der Waals surface area contributed by atoms with Crippen molar-refractivity contribution >= 4 is 16.9 Å². The van der Waals surface area contributed by atoms with Crippen LogP contribution in [-0.2, 0) is 6.42 Å². The number of imidazole rings is 1. The van der Waals surface area contributed by atoms with Crippen molar-refractivity contribution in [2.24, 2.45) is 0 Å². The number of benzene rings is 2. The molecule has 0 saturated heterocycles. The minimum absolute atomic E-state index is 0.0364. The molecule has 0 radical (unpaired) electrons. The maximum atomic E-state index is 12.6. The van der Waals surface area contributed by atoms with E-state index in [0.29, 0.717) is 5.56 Å². The summed E-state index contributed by atoms with van der Waals surface area (Å²) in [5.74, 6) is -0.0364. The molecule has 0 saturated carbocycles. The number of carbonyl (C=O) groups is 1. The van der Waals surface area contributed by atoms with Gasteiger partial charge >= 0.3 is 0 Å². The summed E-state index contributed by atoms with van der Waals surface area (Å²) >= 11 is 0. The molecule has 0 fully saturated rings. The number of hydrogen-bond acceptors (Lipinski definition) is 2. The Morgan fingerprint density at radius 3 is 2.62 bits per heavy atom. The van der Waals surface area contributed by atoms with Gasteiger partial charge in [-0.3, -0.25) is 9.36 Å². The second-order valence-electron chi connectivity index (χ2n) is 5.21. The highest BCUT2D eigenvalue weighted by Gasteiger charge is 2.11. The molecule has 0 aliphatic heterocycles. The summed E-state index contributed by atoms with van der Waals surface area (Å²) in [6.07, 6.45) is 5.03. The molecule has 0 amide bonds. The van der Waals surface area contributed by atoms with Gasteiger partial charge in [0.15, 0.2) is 0 Å². The smallest absolute Gasteiger partial charge is 0.263 e. The highest BCUT2D eigenvalue weighted by molar-refractivity contribution is 6.01. The normalized spacial score (nSPS) is 10.9. The number of aryl methyl sites for hydroxylation is 1. The molecule has 0 aliphatic rings. The predicted octanol–water partition coefficient (Wildman–Crippen LogP) is 4.07. The lowest BCUT2D eigenvalue weighted by atomic mass is 10.1. The summed E-state index contributed by atoms with van der Waals surface area (Å²) in [6.45, 7) is 2.18. The number of rotatable bonds is 4. The second kappa shape index (κ2) is 5.92. The van der Waals surface area contributed by atoms with Crippen LogP contribution in [0.3, 0.4) is 0 Å². The van der Waals surface area contributed by atoms with E-state index in [4.69, 9.17) is 0 Å². The van der Waals surface area contributed by atoms with Crippen LogP contribution >= 0.6 is 0 Å². The molecule has 1 heterocycles. The van der Waals surface area contributed by atoms with E-state index in [0.717, 1.165) is 17.5 Å². The first kappa shape index (κ1) is 13.6. The van der Waals surface area contributed by atoms with E-state index < -0.39 is 0 Å². The van der Waals surface area contributed by atoms with Crippen LogP contribution in [0.1, 0.15) is 35.7 Å². The van der Waals surface area contributed by atoms with Crippen molar-refractivity contribution in [2.75, 3.05) is 0 Å². The summed E-state index contributed by atoms with van der Waals surface area (Å²) in [5, 5.41) is 0. The molecule has 3 nitrogen and oxygen atoms in total. The molecule has 3 aromatic rings. The molecule has 106 valence electrons. The Morgan fingerprint density at radius 2 is 1.86 bits per heavy atom. The molecular formula is C18H18N2O. The van der Waals surface area contributed by atoms with Crippen molar-refractivity contribution in [3.05, 3.63) is 66.0 Å². The van der Waals surface area contributed by atoms with Gasteiger partial charge < -0.3 is 0 Å². The molecule has 0 atom stereocenters. The van der Waals surface area contributed by atoms with E-state index in [1.807, 2.05) is 48.5 Å². The molecule has 3 heteroatoms. The Bertz CT molecular complexity index is 756. The zero-order chi connectivity index (χ0) is 14.7. The standard InChI is InChI=1S/C18H18N2O/c1-2-3-6-14-9-11-15(12-10-14)18(21)20-13-19-16-7-4-5-8-17(16)20/h4-5,7-13H,2-3,6H2,1H3. The number of para-hydroxylation sites is 2. The van der Waals surface area contributed by atoms with Gasteiger partial charge in [0, 0.05) is 5.56 Å². The van der Waals surface area contributed by atoms with Crippen LogP contribution < -0.4 is 0 Å². The first-order valence-corrected chi connectivity index (χ1v) is 7.35. The Labute approximate surface area is 124 Å². The minimum Gasteiger partial charge on any atom is -0.268 e. The number of nitrogens with zero attached hydrogens (tertiary/aromatic N) is 2. The lowest BCUT2D eigenvalue weighted by Gasteiger charge is -2.05. The Morgan fingerprint density at radius 1 is 1.10 bits per heavy atom. The van der Waals surface area contributed by atoms with Crippen LogP contribution in [-0.4, -0.2) is 15.5 Å². The fourth-order valence-electron chi connectivity index (χ4n) is 2.45. The van der Waals surface area contributed by atoms with Crippen LogP contribution in [0.25, 0.3) is 11.0 Å². The fraction of sp³-hybridized carbons (Fsp3) is 0.222. The van der Waals surface area contributed by atoms with Gasteiger partial charge in [-0.1, -0.05) is 37.6 Å². The number of carbonyl (C=O) groups excluding carboxylic acids is 1. The van der Waals surface area contributed by atoms with Crippen molar-refractivity contribution in [1.29, 1.82) is 0 Å². The third-order valence-electron chi connectivity index (χ3n) is 3.69. The maximum absolute atomic E-state index is 12.6. The van der Waals surface area contributed by atoms with Gasteiger partial charge in [0.2, 0.25) is 0 Å². The van der Waals surface area contributed by atoms with Gasteiger partial charge in [0.1, 0.15) is 6.33 Å². The van der Waals surface area contributed by atoms with Crippen molar-refractivity contribution in [3.63, 3.8) is 0 Å². The molecule has 1 aromatic heterocycles. The average Bonchev–Trinajstić information content (AvgIpc) is 2.97. The van der Waals surface area contributed by atoms with Gasteiger partial charge in [0.05, 0.1) is 11.0 Å². The van der Waals surface area contributed by atoms with Crippen LogP contribution in [0.2, 0.25) is 0 Å². The fourth-order valence-corrected chi connectivity index (χ4v) is 2.45. The summed E-state index contributed by atoms with van der Waals surface area (Å²) in [5.41, 5.74) is 3.66. The molecule has 3 rings (SSSR count). The molecular weight excluding hydrogens is 260 g/mol. The summed E-state index contributed by atoms with van der Waals surface area (Å²) in [6, 6.07) is 15.6. The quantitative estimate of drug-likeness (QED) is 0.721. The molecule has 2 aromatic carbocycles. The van der Waals surface area contributed by atoms with Gasteiger partial charge in [-0.2, -0.15) is 0 Å². The Hall–Kier alpha value is -2.42. The Balaban J connectivity index is 1.88. The molecule has 0 N–H and O–H groups in total. The minimum atomic E-state index is -0.0364. The second-order valence-corrected chi connectivity index (χ2v) is 5.21. The highest BCUT2D eigenvalue weighted by atomic mass is 16.2. The highest BCUT2D eigenvalue weighted by Crippen LogP contribution is 2.15. The molecule has 0 bridgehead atoms. The largest absolute Gasteiger partial charge is 0.268 e. The van der Waals surface area contributed by atoms with E-state index in [9.17, 15) is 4.79 Å². The molecule has 0 unspecified atom stereocenters. The third-order valence-corrected chi connectivity index (χ3v) is 3.69. The van der Waals surface area contributed by atoms with Crippen LogP contribution in [0, 0.1) is 0 Å². The van der Waals surface area contributed by atoms with Crippen molar-refractivity contribution in [1.82, 2.24) is 9.55 Å². The summed E-state index contributed by atoms with van der Waals surface area (Å²) < 4.78 is 1.61. The van der Waals surface area contributed by atoms with E-state index in [2.05, 4.69) is 11.9 Å². The lowest BCUT2D eigenvalue weighted by Crippen LogP contribution is -2.10. The first-order valence-electron chi connectivity index (χ1n) is 7.35. The van der Waals surface area contributed by atoms with E-state index in [-0.39, 0.29) is 5.91 Å². The van der Waals surface area contributed by atoms with Gasteiger partial charge in [-0.25, -0.2) is 4.98 Å². The number of unbranched alkanes of at least 4 members (excludes halogenated alkanes) is 1. The lowest BCUT2D eigenvalue weighted by molar-refractivity contribution is 0.0964. The SMILES string of the molecule is CCCCc1ccc(C(=O)n2cnc3ccccc32)cc1.